The molecule has 0 radical (unpaired) electrons. The van der Waals surface area contributed by atoms with E-state index in [4.69, 9.17) is 15.2 Å². The lowest BCUT2D eigenvalue weighted by atomic mass is 9.98. The zero-order valence-corrected chi connectivity index (χ0v) is 15.1. The van der Waals surface area contributed by atoms with Crippen LogP contribution in [0.2, 0.25) is 0 Å². The van der Waals surface area contributed by atoms with Crippen LogP contribution in [0.1, 0.15) is 23.5 Å². The van der Waals surface area contributed by atoms with E-state index >= 15 is 0 Å². The highest BCUT2D eigenvalue weighted by Crippen LogP contribution is 2.44. The maximum absolute atomic E-state index is 12.6. The summed E-state index contributed by atoms with van der Waals surface area (Å²) in [7, 11) is 1.31. The fourth-order valence-corrected chi connectivity index (χ4v) is 4.11. The number of ether oxygens (including phenoxy) is 2. The van der Waals surface area contributed by atoms with Crippen molar-refractivity contribution in [3.8, 4) is 11.1 Å². The Morgan fingerprint density at radius 3 is 2.26 bits per heavy atom. The van der Waals surface area contributed by atoms with Crippen LogP contribution >= 0.6 is 0 Å². The molecule has 4 rings (SSSR count). The summed E-state index contributed by atoms with van der Waals surface area (Å²) in [6.07, 6.45) is -0.142. The lowest BCUT2D eigenvalue weighted by molar-refractivity contribution is -0.145. The summed E-state index contributed by atoms with van der Waals surface area (Å²) in [5.74, 6) is -0.481. The first-order valence-electron chi connectivity index (χ1n) is 9.05. The zero-order valence-electron chi connectivity index (χ0n) is 15.1. The fourth-order valence-electron chi connectivity index (χ4n) is 4.11. The molecule has 27 heavy (non-hydrogen) atoms. The normalized spacial score (nSPS) is 20.9. The summed E-state index contributed by atoms with van der Waals surface area (Å²) in [5, 5.41) is 0. The van der Waals surface area contributed by atoms with Gasteiger partial charge in [0.2, 0.25) is 0 Å². The molecule has 0 aromatic heterocycles. The standard InChI is InChI=1S/C21H22N2O4/c1-26-20(24)19-10-13(22)11-23(19)21(25)27-12-18-16-8-4-2-6-14(16)15-7-3-5-9-17(15)18/h2-9,13,18-19H,10-12,22H2,1H3. The van der Waals surface area contributed by atoms with E-state index in [1.165, 1.54) is 23.1 Å². The number of amides is 1. The van der Waals surface area contributed by atoms with E-state index in [9.17, 15) is 9.59 Å². The van der Waals surface area contributed by atoms with Crippen LogP contribution in [0.25, 0.3) is 11.1 Å². The van der Waals surface area contributed by atoms with E-state index in [2.05, 4.69) is 24.3 Å². The van der Waals surface area contributed by atoms with Gasteiger partial charge in [0.25, 0.3) is 0 Å². The average molecular weight is 366 g/mol. The van der Waals surface area contributed by atoms with Crippen LogP contribution in [0.4, 0.5) is 4.79 Å². The summed E-state index contributed by atoms with van der Waals surface area (Å²) in [5.41, 5.74) is 10.6. The lowest BCUT2D eigenvalue weighted by Crippen LogP contribution is -2.42. The van der Waals surface area contributed by atoms with Crippen LogP contribution < -0.4 is 5.73 Å². The van der Waals surface area contributed by atoms with Gasteiger partial charge in [-0.25, -0.2) is 9.59 Å². The van der Waals surface area contributed by atoms with Gasteiger partial charge in [0.15, 0.2) is 0 Å². The number of likely N-dealkylation sites (tertiary alicyclic amines) is 1. The lowest BCUT2D eigenvalue weighted by Gasteiger charge is -2.23. The molecule has 1 aliphatic heterocycles. The SMILES string of the molecule is COC(=O)C1CC(N)CN1C(=O)OCC1c2ccccc2-c2ccccc21. The topological polar surface area (TPSA) is 81.9 Å². The first kappa shape index (κ1) is 17.5. The molecular weight excluding hydrogens is 344 g/mol. The van der Waals surface area contributed by atoms with Crippen molar-refractivity contribution in [3.63, 3.8) is 0 Å². The first-order valence-corrected chi connectivity index (χ1v) is 9.05. The number of esters is 1. The molecule has 2 atom stereocenters. The van der Waals surface area contributed by atoms with E-state index in [0.29, 0.717) is 6.42 Å². The molecule has 6 nitrogen and oxygen atoms in total. The Kier molecular flexibility index (Phi) is 4.58. The van der Waals surface area contributed by atoms with Crippen LogP contribution in [-0.2, 0) is 14.3 Å². The van der Waals surface area contributed by atoms with Gasteiger partial charge in [-0.3, -0.25) is 4.90 Å². The number of carbonyl (C=O) groups is 2. The van der Waals surface area contributed by atoms with E-state index < -0.39 is 18.1 Å². The van der Waals surface area contributed by atoms with Crippen molar-refractivity contribution in [2.75, 3.05) is 20.3 Å². The second-order valence-corrected chi connectivity index (χ2v) is 6.99. The van der Waals surface area contributed by atoms with Crippen LogP contribution in [-0.4, -0.2) is 49.3 Å². The van der Waals surface area contributed by atoms with Gasteiger partial charge in [-0.15, -0.1) is 0 Å². The van der Waals surface area contributed by atoms with Gasteiger partial charge in [0, 0.05) is 18.5 Å². The first-order chi connectivity index (χ1) is 13.1. The number of benzene rings is 2. The molecule has 2 aromatic carbocycles. The van der Waals surface area contributed by atoms with Crippen molar-refractivity contribution in [1.29, 1.82) is 0 Å². The predicted molar refractivity (Wildman–Crippen MR) is 100 cm³/mol. The Hall–Kier alpha value is -2.86. The number of fused-ring (bicyclic) bond motifs is 3. The van der Waals surface area contributed by atoms with E-state index in [1.807, 2.05) is 24.3 Å². The number of rotatable bonds is 3. The number of hydrogen-bond acceptors (Lipinski definition) is 5. The highest BCUT2D eigenvalue weighted by molar-refractivity contribution is 5.82. The Labute approximate surface area is 157 Å². The summed E-state index contributed by atoms with van der Waals surface area (Å²) < 4.78 is 10.4. The van der Waals surface area contributed by atoms with Crippen molar-refractivity contribution >= 4 is 12.1 Å². The Morgan fingerprint density at radius 1 is 1.07 bits per heavy atom. The largest absolute Gasteiger partial charge is 0.467 e. The molecule has 0 saturated carbocycles. The quantitative estimate of drug-likeness (QED) is 0.844. The molecule has 140 valence electrons. The third-order valence-corrected chi connectivity index (χ3v) is 5.38. The van der Waals surface area contributed by atoms with Crippen molar-refractivity contribution in [2.24, 2.45) is 5.73 Å². The minimum absolute atomic E-state index is 0.0193. The number of nitrogens with zero attached hydrogens (tertiary/aromatic N) is 1. The molecule has 2 unspecified atom stereocenters. The van der Waals surface area contributed by atoms with Crippen LogP contribution in [0.15, 0.2) is 48.5 Å². The molecule has 1 fully saturated rings. The maximum atomic E-state index is 12.6. The Balaban J connectivity index is 1.52. The second-order valence-electron chi connectivity index (χ2n) is 6.99. The second kappa shape index (κ2) is 7.04. The third-order valence-electron chi connectivity index (χ3n) is 5.38. The Bertz CT molecular complexity index is 836. The molecule has 0 bridgehead atoms. The molecular formula is C21H22N2O4. The Morgan fingerprint density at radius 2 is 1.67 bits per heavy atom. The van der Waals surface area contributed by atoms with Crippen molar-refractivity contribution in [1.82, 2.24) is 4.90 Å². The molecule has 1 saturated heterocycles. The molecule has 2 N–H and O–H groups in total. The van der Waals surface area contributed by atoms with Gasteiger partial charge in [-0.1, -0.05) is 48.5 Å². The highest BCUT2D eigenvalue weighted by Gasteiger charge is 2.40. The van der Waals surface area contributed by atoms with Crippen molar-refractivity contribution in [2.45, 2.75) is 24.4 Å². The minimum atomic E-state index is -0.680. The summed E-state index contributed by atoms with van der Waals surface area (Å²) in [4.78, 5) is 26.0. The zero-order chi connectivity index (χ0) is 19.0. The minimum Gasteiger partial charge on any atom is -0.467 e. The molecule has 6 heteroatoms. The fraction of sp³-hybridized carbons (Fsp3) is 0.333. The smallest absolute Gasteiger partial charge is 0.410 e. The summed E-state index contributed by atoms with van der Waals surface area (Å²) in [6.45, 7) is 0.503. The molecule has 1 heterocycles. The van der Waals surface area contributed by atoms with Crippen LogP contribution in [0, 0.1) is 0 Å². The van der Waals surface area contributed by atoms with E-state index in [1.54, 1.807) is 0 Å². The third kappa shape index (κ3) is 3.06. The van der Waals surface area contributed by atoms with Gasteiger partial charge in [-0.2, -0.15) is 0 Å². The highest BCUT2D eigenvalue weighted by atomic mass is 16.6. The number of methoxy groups -OCH3 is 1. The average Bonchev–Trinajstić information content (AvgIpc) is 3.24. The van der Waals surface area contributed by atoms with E-state index in [0.717, 1.165) is 11.1 Å². The van der Waals surface area contributed by atoms with E-state index in [-0.39, 0.29) is 25.1 Å². The van der Waals surface area contributed by atoms with Gasteiger partial charge < -0.3 is 15.2 Å². The molecule has 0 spiro atoms. The van der Waals surface area contributed by atoms with Gasteiger partial charge in [0.1, 0.15) is 12.6 Å². The summed E-state index contributed by atoms with van der Waals surface area (Å²) in [6, 6.07) is 15.4. The monoisotopic (exact) mass is 366 g/mol. The number of carbonyl (C=O) groups excluding carboxylic acids is 2. The molecule has 1 amide bonds. The van der Waals surface area contributed by atoms with Crippen LogP contribution in [0.3, 0.4) is 0 Å². The van der Waals surface area contributed by atoms with Crippen molar-refractivity contribution in [3.05, 3.63) is 59.7 Å². The maximum Gasteiger partial charge on any atom is 0.410 e. The van der Waals surface area contributed by atoms with Crippen molar-refractivity contribution < 1.29 is 19.1 Å². The molecule has 2 aliphatic rings. The van der Waals surface area contributed by atoms with Gasteiger partial charge >= 0.3 is 12.1 Å². The number of hydrogen-bond donors (Lipinski definition) is 1. The van der Waals surface area contributed by atoms with Gasteiger partial charge in [-0.05, 0) is 28.7 Å². The summed E-state index contributed by atoms with van der Waals surface area (Å²) >= 11 is 0. The van der Waals surface area contributed by atoms with Crippen LogP contribution in [0.5, 0.6) is 0 Å². The number of nitrogens with two attached hydrogens (primary N) is 1. The molecule has 2 aromatic rings. The molecule has 1 aliphatic carbocycles. The predicted octanol–water partition coefficient (Wildman–Crippen LogP) is 2.51. The van der Waals surface area contributed by atoms with Gasteiger partial charge in [0.05, 0.1) is 7.11 Å².